The number of carboxylic acids is 1. The summed E-state index contributed by atoms with van der Waals surface area (Å²) in [6.07, 6.45) is 1.91. The number of H-pyrrole nitrogens is 1. The second-order valence-corrected chi connectivity index (χ2v) is 8.20. The highest BCUT2D eigenvalue weighted by molar-refractivity contribution is 6.08. The Hall–Kier alpha value is -4.28. The second kappa shape index (κ2) is 10.5. The van der Waals surface area contributed by atoms with E-state index in [1.165, 1.54) is 0 Å². The quantitative estimate of drug-likeness (QED) is 0.404. The highest BCUT2D eigenvalue weighted by Gasteiger charge is 2.38. The van der Waals surface area contributed by atoms with Gasteiger partial charge in [0.05, 0.1) is 29.0 Å². The number of carbonyl (C=O) groups is 2. The zero-order chi connectivity index (χ0) is 26.6. The van der Waals surface area contributed by atoms with Crippen LogP contribution in [0.3, 0.4) is 0 Å². The van der Waals surface area contributed by atoms with Gasteiger partial charge >= 0.3 is 12.1 Å². The van der Waals surface area contributed by atoms with Crippen molar-refractivity contribution >= 4 is 22.8 Å². The van der Waals surface area contributed by atoms with Gasteiger partial charge in [0.15, 0.2) is 0 Å². The fraction of sp³-hybridized carbons (Fsp3) is 0.240. The molecule has 0 bridgehead atoms. The summed E-state index contributed by atoms with van der Waals surface area (Å²) in [6.45, 7) is 6.08. The molecule has 0 spiro atoms. The first-order valence-corrected chi connectivity index (χ1v) is 10.8. The van der Waals surface area contributed by atoms with E-state index in [9.17, 15) is 18.0 Å². The van der Waals surface area contributed by atoms with Gasteiger partial charge < -0.3 is 10.0 Å². The maximum atomic E-state index is 13.6. The molecule has 188 valence electrons. The van der Waals surface area contributed by atoms with Crippen LogP contribution in [0, 0.1) is 13.8 Å². The number of hydrogen-bond donors (Lipinski definition) is 2. The molecule has 4 aromatic rings. The van der Waals surface area contributed by atoms with E-state index in [1.54, 1.807) is 29.7 Å². The maximum Gasteiger partial charge on any atom is 0.490 e. The highest BCUT2D eigenvalue weighted by Crippen LogP contribution is 2.30. The number of aromatic nitrogens is 4. The number of amides is 1. The molecule has 0 radical (unpaired) electrons. The molecule has 0 aliphatic rings. The molecule has 0 saturated carbocycles. The monoisotopic (exact) mass is 499 g/mol. The number of fused-ring (bicyclic) bond motifs is 1. The van der Waals surface area contributed by atoms with Crippen LogP contribution >= 0.6 is 0 Å². The van der Waals surface area contributed by atoms with E-state index in [1.807, 2.05) is 52.1 Å². The number of rotatable bonds is 4. The molecule has 36 heavy (non-hydrogen) atoms. The molecule has 0 fully saturated rings. The average molecular weight is 499 g/mol. The molecule has 0 saturated heterocycles. The average Bonchev–Trinajstić information content (AvgIpc) is 3.37. The Balaban J connectivity index is 0.000000454. The van der Waals surface area contributed by atoms with E-state index in [-0.39, 0.29) is 11.9 Å². The largest absolute Gasteiger partial charge is 0.490 e. The van der Waals surface area contributed by atoms with Gasteiger partial charge in [0.2, 0.25) is 0 Å². The van der Waals surface area contributed by atoms with Crippen LogP contribution in [-0.2, 0) is 4.79 Å². The molecule has 4 rings (SSSR count). The molecule has 2 N–H and O–H groups in total. The van der Waals surface area contributed by atoms with Crippen LogP contribution in [0.1, 0.15) is 40.0 Å². The molecule has 3 heterocycles. The third kappa shape index (κ3) is 5.85. The number of aliphatic carboxylic acids is 1. The van der Waals surface area contributed by atoms with Crippen LogP contribution in [0.5, 0.6) is 0 Å². The summed E-state index contributed by atoms with van der Waals surface area (Å²) in [7, 11) is 1.83. The van der Waals surface area contributed by atoms with E-state index in [0.717, 1.165) is 38.9 Å². The van der Waals surface area contributed by atoms with Crippen molar-refractivity contribution in [1.29, 1.82) is 0 Å². The smallest absolute Gasteiger partial charge is 0.475 e. The number of pyridine rings is 2. The molecule has 11 heteroatoms. The Morgan fingerprint density at radius 2 is 1.75 bits per heavy atom. The number of nitrogens with zero attached hydrogens (tertiary/aromatic N) is 4. The summed E-state index contributed by atoms with van der Waals surface area (Å²) in [4.78, 5) is 33.1. The van der Waals surface area contributed by atoms with Crippen molar-refractivity contribution in [3.05, 3.63) is 77.4 Å². The lowest BCUT2D eigenvalue weighted by Crippen LogP contribution is -2.30. The van der Waals surface area contributed by atoms with E-state index in [0.29, 0.717) is 5.56 Å². The highest BCUT2D eigenvalue weighted by atomic mass is 19.4. The third-order valence-electron chi connectivity index (χ3n) is 5.61. The Morgan fingerprint density at radius 3 is 2.31 bits per heavy atom. The van der Waals surface area contributed by atoms with Crippen LogP contribution in [0.25, 0.3) is 22.2 Å². The molecule has 1 amide bonds. The number of carboxylic acid groups (broad SMARTS) is 1. The van der Waals surface area contributed by atoms with E-state index in [2.05, 4.69) is 21.2 Å². The number of benzene rings is 1. The maximum absolute atomic E-state index is 13.6. The van der Waals surface area contributed by atoms with Crippen molar-refractivity contribution in [3.8, 4) is 11.3 Å². The number of halogens is 3. The van der Waals surface area contributed by atoms with Crippen molar-refractivity contribution in [2.75, 3.05) is 7.05 Å². The Labute approximate surface area is 204 Å². The van der Waals surface area contributed by atoms with Crippen LogP contribution in [0.15, 0.2) is 55.1 Å². The minimum absolute atomic E-state index is 0.0449. The second-order valence-electron chi connectivity index (χ2n) is 8.20. The Kier molecular flexibility index (Phi) is 7.71. The lowest BCUT2D eigenvalue weighted by atomic mass is 9.99. The predicted molar refractivity (Wildman–Crippen MR) is 127 cm³/mol. The first-order chi connectivity index (χ1) is 16.9. The summed E-state index contributed by atoms with van der Waals surface area (Å²) < 4.78 is 31.7. The molecular formula is C25H24F3N5O3. The normalized spacial score (nSPS) is 12.0. The standard InChI is InChI=1S/C23H23N5O.C2HF3O2/c1-14-9-15(2)22-19(10-14)20(11-21(27-22)18-12-25-26-13-18)23(29)28(4)16(3)17-5-7-24-8-6-17;3-2(4,5)1(6)7/h5-13,16H,1-4H3,(H,25,26);(H,6,7). The van der Waals surface area contributed by atoms with Gasteiger partial charge in [-0.05, 0) is 56.2 Å². The molecular weight excluding hydrogens is 475 g/mol. The molecule has 3 aromatic heterocycles. The van der Waals surface area contributed by atoms with E-state index >= 15 is 0 Å². The van der Waals surface area contributed by atoms with Crippen LogP contribution < -0.4 is 0 Å². The lowest BCUT2D eigenvalue weighted by molar-refractivity contribution is -0.192. The van der Waals surface area contributed by atoms with Crippen LogP contribution in [-0.4, -0.2) is 55.3 Å². The third-order valence-corrected chi connectivity index (χ3v) is 5.61. The van der Waals surface area contributed by atoms with Gasteiger partial charge in [0, 0.05) is 36.6 Å². The van der Waals surface area contributed by atoms with Crippen molar-refractivity contribution in [1.82, 2.24) is 25.1 Å². The Bertz CT molecular complexity index is 1370. The lowest BCUT2D eigenvalue weighted by Gasteiger charge is -2.26. The Morgan fingerprint density at radius 1 is 1.11 bits per heavy atom. The SMILES string of the molecule is Cc1cc(C)c2nc(-c3cn[nH]c3)cc(C(=O)N(C)C(C)c3ccncc3)c2c1.O=C(O)C(F)(F)F. The van der Waals surface area contributed by atoms with Crippen molar-refractivity contribution in [2.24, 2.45) is 0 Å². The summed E-state index contributed by atoms with van der Waals surface area (Å²) in [5.74, 6) is -2.80. The topological polar surface area (TPSA) is 112 Å². The predicted octanol–water partition coefficient (Wildman–Crippen LogP) is 5.10. The van der Waals surface area contributed by atoms with Gasteiger partial charge in [0.25, 0.3) is 5.91 Å². The molecule has 1 atom stereocenters. The fourth-order valence-corrected chi connectivity index (χ4v) is 3.63. The minimum Gasteiger partial charge on any atom is -0.475 e. The number of nitrogens with one attached hydrogen (secondary N) is 1. The number of aromatic amines is 1. The number of alkyl halides is 3. The first-order valence-electron chi connectivity index (χ1n) is 10.8. The summed E-state index contributed by atoms with van der Waals surface area (Å²) in [5, 5.41) is 14.8. The van der Waals surface area contributed by atoms with Crippen LogP contribution in [0.4, 0.5) is 13.2 Å². The first kappa shape index (κ1) is 26.3. The van der Waals surface area contributed by atoms with E-state index in [4.69, 9.17) is 14.9 Å². The minimum atomic E-state index is -5.08. The van der Waals surface area contributed by atoms with Gasteiger partial charge in [-0.3, -0.25) is 14.9 Å². The van der Waals surface area contributed by atoms with E-state index < -0.39 is 12.1 Å². The summed E-state index contributed by atoms with van der Waals surface area (Å²) >= 11 is 0. The molecule has 0 aliphatic carbocycles. The summed E-state index contributed by atoms with van der Waals surface area (Å²) in [6, 6.07) is 9.77. The molecule has 1 unspecified atom stereocenters. The van der Waals surface area contributed by atoms with Gasteiger partial charge in [0.1, 0.15) is 0 Å². The molecule has 8 nitrogen and oxygen atoms in total. The number of hydrogen-bond acceptors (Lipinski definition) is 5. The molecule has 0 aliphatic heterocycles. The van der Waals surface area contributed by atoms with Gasteiger partial charge in [-0.1, -0.05) is 11.6 Å². The zero-order valence-electron chi connectivity index (χ0n) is 20.0. The van der Waals surface area contributed by atoms with Crippen LogP contribution in [0.2, 0.25) is 0 Å². The molecule has 1 aromatic carbocycles. The van der Waals surface area contributed by atoms with Crippen molar-refractivity contribution < 1.29 is 27.9 Å². The number of carbonyl (C=O) groups excluding carboxylic acids is 1. The summed E-state index contributed by atoms with van der Waals surface area (Å²) in [5.41, 5.74) is 6.24. The van der Waals surface area contributed by atoms with Gasteiger partial charge in [-0.2, -0.15) is 18.3 Å². The zero-order valence-corrected chi connectivity index (χ0v) is 20.0. The number of aryl methyl sites for hydroxylation is 2. The fourth-order valence-electron chi connectivity index (χ4n) is 3.63. The van der Waals surface area contributed by atoms with Gasteiger partial charge in [-0.15, -0.1) is 0 Å². The van der Waals surface area contributed by atoms with Crippen molar-refractivity contribution in [2.45, 2.75) is 33.0 Å². The van der Waals surface area contributed by atoms with Crippen molar-refractivity contribution in [3.63, 3.8) is 0 Å². The van der Waals surface area contributed by atoms with Gasteiger partial charge in [-0.25, -0.2) is 9.78 Å².